The van der Waals surface area contributed by atoms with Gasteiger partial charge in [-0.1, -0.05) is 17.7 Å². The van der Waals surface area contributed by atoms with Crippen LogP contribution >= 0.6 is 22.9 Å². The minimum Gasteiger partial charge on any atom is -0.507 e. The van der Waals surface area contributed by atoms with Gasteiger partial charge in [0.2, 0.25) is 0 Å². The number of halogens is 1. The van der Waals surface area contributed by atoms with E-state index in [1.165, 1.54) is 0 Å². The van der Waals surface area contributed by atoms with Crippen molar-refractivity contribution in [3.63, 3.8) is 0 Å². The summed E-state index contributed by atoms with van der Waals surface area (Å²) in [4.78, 5) is 1.03. The van der Waals surface area contributed by atoms with E-state index < -0.39 is 0 Å². The Bertz CT molecular complexity index is 414. The van der Waals surface area contributed by atoms with Gasteiger partial charge in [-0.25, -0.2) is 0 Å². The van der Waals surface area contributed by atoms with Crippen LogP contribution in [-0.4, -0.2) is 5.11 Å². The Balaban J connectivity index is 0.000000980. The molecular weight excluding hydrogens is 267 g/mol. The van der Waals surface area contributed by atoms with E-state index in [0.717, 1.165) is 10.4 Å². The summed E-state index contributed by atoms with van der Waals surface area (Å²) in [5, 5.41) is 12.2. The predicted molar refractivity (Wildman–Crippen MR) is 56.4 cm³/mol. The SMILES string of the molecule is Oc1ccc(Cl)cc1-c1cccs1.[Cu]. The number of phenolic OH excluding ortho intramolecular Hbond substituents is 1. The fourth-order valence-electron chi connectivity index (χ4n) is 1.14. The van der Waals surface area contributed by atoms with Crippen molar-refractivity contribution >= 4 is 22.9 Å². The molecule has 2 aromatic rings. The van der Waals surface area contributed by atoms with Gasteiger partial charge in [0.1, 0.15) is 5.75 Å². The summed E-state index contributed by atoms with van der Waals surface area (Å²) in [5.41, 5.74) is 0.794. The van der Waals surface area contributed by atoms with Crippen LogP contribution in [0.15, 0.2) is 35.7 Å². The number of thiophene rings is 1. The van der Waals surface area contributed by atoms with Crippen LogP contribution in [0.2, 0.25) is 5.02 Å². The second-order valence-corrected chi connectivity index (χ2v) is 4.02. The number of benzene rings is 1. The molecule has 0 saturated carbocycles. The van der Waals surface area contributed by atoms with Gasteiger partial charge in [0.15, 0.2) is 0 Å². The van der Waals surface area contributed by atoms with Crippen LogP contribution in [0.1, 0.15) is 0 Å². The van der Waals surface area contributed by atoms with Crippen LogP contribution in [-0.2, 0) is 17.1 Å². The van der Waals surface area contributed by atoms with Crippen LogP contribution in [0.3, 0.4) is 0 Å². The summed E-state index contributed by atoms with van der Waals surface area (Å²) in [6.07, 6.45) is 0. The van der Waals surface area contributed by atoms with Crippen LogP contribution in [0.4, 0.5) is 0 Å². The third-order valence-corrected chi connectivity index (χ3v) is 2.88. The Kier molecular flexibility index (Phi) is 4.02. The van der Waals surface area contributed by atoms with E-state index in [9.17, 15) is 5.11 Å². The molecule has 1 N–H and O–H groups in total. The molecule has 2 rings (SSSR count). The molecule has 0 amide bonds. The summed E-state index contributed by atoms with van der Waals surface area (Å²) in [7, 11) is 0. The molecule has 0 saturated heterocycles. The van der Waals surface area contributed by atoms with Crippen LogP contribution in [0.25, 0.3) is 10.4 Å². The number of hydrogen-bond acceptors (Lipinski definition) is 2. The Morgan fingerprint density at radius 3 is 2.64 bits per heavy atom. The van der Waals surface area contributed by atoms with E-state index in [2.05, 4.69) is 0 Å². The standard InChI is InChI=1S/C10H7ClOS.Cu/c11-7-3-4-9(12)8(6-7)10-2-1-5-13-10;/h1-6,12H;. The minimum absolute atomic E-state index is 0. The van der Waals surface area contributed by atoms with Crippen LogP contribution in [0, 0.1) is 0 Å². The molecule has 0 fully saturated rings. The minimum atomic E-state index is 0. The van der Waals surface area contributed by atoms with Gasteiger partial charge in [-0.2, -0.15) is 0 Å². The van der Waals surface area contributed by atoms with E-state index in [1.807, 2.05) is 17.5 Å². The first kappa shape index (κ1) is 11.6. The first-order chi connectivity index (χ1) is 6.27. The summed E-state index contributed by atoms with van der Waals surface area (Å²) < 4.78 is 0. The zero-order chi connectivity index (χ0) is 9.26. The van der Waals surface area contributed by atoms with Crippen LogP contribution in [0.5, 0.6) is 5.75 Å². The normalized spacial score (nSPS) is 9.50. The fourth-order valence-corrected chi connectivity index (χ4v) is 2.06. The third-order valence-electron chi connectivity index (χ3n) is 1.75. The van der Waals surface area contributed by atoms with Crippen molar-refractivity contribution in [2.24, 2.45) is 0 Å². The van der Waals surface area contributed by atoms with Crippen molar-refractivity contribution in [2.75, 3.05) is 0 Å². The Labute approximate surface area is 102 Å². The molecule has 1 aromatic heterocycles. The zero-order valence-electron chi connectivity index (χ0n) is 7.00. The maximum atomic E-state index is 9.55. The number of rotatable bonds is 1. The smallest absolute Gasteiger partial charge is 0.124 e. The third kappa shape index (κ3) is 2.31. The largest absolute Gasteiger partial charge is 0.507 e. The summed E-state index contributed by atoms with van der Waals surface area (Å²) >= 11 is 7.41. The molecule has 0 aliphatic rings. The molecule has 0 aliphatic carbocycles. The van der Waals surface area contributed by atoms with E-state index in [0.29, 0.717) is 5.02 Å². The van der Waals surface area contributed by atoms with Crippen molar-refractivity contribution in [1.82, 2.24) is 0 Å². The van der Waals surface area contributed by atoms with E-state index in [-0.39, 0.29) is 22.8 Å². The topological polar surface area (TPSA) is 20.2 Å². The molecule has 0 unspecified atom stereocenters. The Morgan fingerprint density at radius 2 is 2.00 bits per heavy atom. The second-order valence-electron chi connectivity index (χ2n) is 2.64. The summed E-state index contributed by atoms with van der Waals surface area (Å²) in [6.45, 7) is 0. The number of hydrogen-bond donors (Lipinski definition) is 1. The fraction of sp³-hybridized carbons (Fsp3) is 0. The molecule has 0 atom stereocenters. The van der Waals surface area contributed by atoms with Gasteiger partial charge in [0, 0.05) is 32.5 Å². The molecule has 4 heteroatoms. The number of aromatic hydroxyl groups is 1. The molecule has 0 bridgehead atoms. The average molecular weight is 274 g/mol. The Morgan fingerprint density at radius 1 is 1.21 bits per heavy atom. The predicted octanol–water partition coefficient (Wildman–Crippen LogP) is 3.77. The quantitative estimate of drug-likeness (QED) is 0.785. The van der Waals surface area contributed by atoms with Crippen molar-refractivity contribution in [1.29, 1.82) is 0 Å². The molecule has 77 valence electrons. The zero-order valence-corrected chi connectivity index (χ0v) is 9.51. The molecular formula is C10H7ClCuOS. The van der Waals surface area contributed by atoms with Gasteiger partial charge in [0.25, 0.3) is 0 Å². The van der Waals surface area contributed by atoms with Crippen molar-refractivity contribution < 1.29 is 22.2 Å². The molecule has 1 nitrogen and oxygen atoms in total. The van der Waals surface area contributed by atoms with E-state index in [4.69, 9.17) is 11.6 Å². The van der Waals surface area contributed by atoms with Crippen molar-refractivity contribution in [3.05, 3.63) is 40.7 Å². The van der Waals surface area contributed by atoms with Gasteiger partial charge in [-0.05, 0) is 29.6 Å². The average Bonchev–Trinajstić information content (AvgIpc) is 2.61. The molecule has 1 heterocycles. The molecule has 1 radical (unpaired) electrons. The first-order valence-electron chi connectivity index (χ1n) is 3.80. The van der Waals surface area contributed by atoms with Crippen molar-refractivity contribution in [2.45, 2.75) is 0 Å². The van der Waals surface area contributed by atoms with Gasteiger partial charge < -0.3 is 5.11 Å². The molecule has 0 spiro atoms. The first-order valence-corrected chi connectivity index (χ1v) is 5.05. The summed E-state index contributed by atoms with van der Waals surface area (Å²) in [6, 6.07) is 8.95. The molecule has 14 heavy (non-hydrogen) atoms. The maximum Gasteiger partial charge on any atom is 0.124 e. The van der Waals surface area contributed by atoms with E-state index in [1.54, 1.807) is 29.5 Å². The van der Waals surface area contributed by atoms with Gasteiger partial charge in [0.05, 0.1) is 0 Å². The monoisotopic (exact) mass is 273 g/mol. The van der Waals surface area contributed by atoms with Gasteiger partial charge in [-0.15, -0.1) is 11.3 Å². The molecule has 0 aliphatic heterocycles. The Hall–Kier alpha value is -0.471. The van der Waals surface area contributed by atoms with Gasteiger partial charge >= 0.3 is 0 Å². The van der Waals surface area contributed by atoms with Crippen molar-refractivity contribution in [3.8, 4) is 16.2 Å². The van der Waals surface area contributed by atoms with Gasteiger partial charge in [-0.3, -0.25) is 0 Å². The second kappa shape index (κ2) is 4.85. The molecule has 1 aromatic carbocycles. The number of phenols is 1. The van der Waals surface area contributed by atoms with Crippen LogP contribution < -0.4 is 0 Å². The summed E-state index contributed by atoms with van der Waals surface area (Å²) in [5.74, 6) is 0.270. The van der Waals surface area contributed by atoms with E-state index >= 15 is 0 Å². The maximum absolute atomic E-state index is 9.55.